The van der Waals surface area contributed by atoms with Gasteiger partial charge in [-0.25, -0.2) is 0 Å². The molecular weight excluding hydrogens is 298 g/mol. The number of hydrogen-bond acceptors (Lipinski definition) is 2. The molecule has 1 rings (SSSR count). The molecule has 0 spiro atoms. The van der Waals surface area contributed by atoms with Gasteiger partial charge in [0.2, 0.25) is 0 Å². The Morgan fingerprint density at radius 2 is 1.50 bits per heavy atom. The molecule has 2 nitrogen and oxygen atoms in total. The third kappa shape index (κ3) is 3.99. The summed E-state index contributed by atoms with van der Waals surface area (Å²) < 4.78 is 2.92. The van der Waals surface area contributed by atoms with E-state index in [4.69, 9.17) is 0 Å². The molecule has 118 valence electrons. The Morgan fingerprint density at radius 1 is 1.10 bits per heavy atom. The van der Waals surface area contributed by atoms with Crippen LogP contribution in [0.5, 0.6) is 0 Å². The van der Waals surface area contributed by atoms with Crippen molar-refractivity contribution < 1.29 is 4.79 Å². The van der Waals surface area contributed by atoms with Crippen molar-refractivity contribution in [2.24, 2.45) is 5.41 Å². The first-order valence-corrected chi connectivity index (χ1v) is 15.3. The molecule has 0 atom stereocenters. The van der Waals surface area contributed by atoms with Crippen LogP contribution in [0.4, 0.5) is 0 Å². The van der Waals surface area contributed by atoms with E-state index in [1.165, 1.54) is 12.8 Å². The molecule has 0 aromatic carbocycles. The second-order valence-corrected chi connectivity index (χ2v) is 18.9. The highest BCUT2D eigenvalue weighted by atomic mass is 32.1. The van der Waals surface area contributed by atoms with E-state index >= 15 is 0 Å². The van der Waals surface area contributed by atoms with Crippen molar-refractivity contribution >= 4 is 34.2 Å². The summed E-state index contributed by atoms with van der Waals surface area (Å²) >= 11 is 4.17. The lowest BCUT2D eigenvalue weighted by atomic mass is 9.72. The molecule has 0 amide bonds. The molecule has 1 saturated carbocycles. The van der Waals surface area contributed by atoms with E-state index in [0.717, 1.165) is 19.3 Å². The normalized spacial score (nSPS) is 28.8. The Bertz CT molecular complexity index is 338. The van der Waals surface area contributed by atoms with Gasteiger partial charge in [-0.2, -0.15) is 0 Å². The van der Waals surface area contributed by atoms with Crippen LogP contribution in [0.25, 0.3) is 0 Å². The average Bonchev–Trinajstić information content (AvgIpc) is 2.26. The summed E-state index contributed by atoms with van der Waals surface area (Å²) in [4.78, 5) is 11.9. The first kappa shape index (κ1) is 18.5. The van der Waals surface area contributed by atoms with Gasteiger partial charge in [-0.3, -0.25) is 4.79 Å². The van der Waals surface area contributed by atoms with Gasteiger partial charge in [0, 0.05) is 5.41 Å². The zero-order valence-corrected chi connectivity index (χ0v) is 17.3. The van der Waals surface area contributed by atoms with E-state index in [1.807, 2.05) is 0 Å². The van der Waals surface area contributed by atoms with Crippen molar-refractivity contribution in [2.45, 2.75) is 84.4 Å². The number of nitrogens with zero attached hydrogens (tertiary/aromatic N) is 1. The molecule has 0 aliphatic heterocycles. The molecule has 0 bridgehead atoms. The second kappa shape index (κ2) is 6.27. The molecule has 1 aliphatic carbocycles. The summed E-state index contributed by atoms with van der Waals surface area (Å²) in [5.41, 5.74) is -0.135. The van der Waals surface area contributed by atoms with Gasteiger partial charge < -0.3 is 4.23 Å². The lowest BCUT2D eigenvalue weighted by molar-refractivity contribution is -0.121. The van der Waals surface area contributed by atoms with Gasteiger partial charge in [0.25, 0.3) is 0 Å². The van der Waals surface area contributed by atoms with Crippen LogP contribution in [0.3, 0.4) is 0 Å². The van der Waals surface area contributed by atoms with Gasteiger partial charge in [-0.15, -0.1) is 12.6 Å². The lowest BCUT2D eigenvalue weighted by Crippen LogP contribution is -2.64. The minimum atomic E-state index is -1.30. The minimum Gasteiger partial charge on any atom is -0.343 e. The largest absolute Gasteiger partial charge is 0.343 e. The molecule has 0 heterocycles. The summed E-state index contributed by atoms with van der Waals surface area (Å²) in [7, 11) is -2.60. The molecular formula is C15H33NOSSi2. The number of thiol groups is 1. The van der Waals surface area contributed by atoms with E-state index in [1.54, 1.807) is 0 Å². The third-order valence-electron chi connectivity index (χ3n) is 4.85. The van der Waals surface area contributed by atoms with Crippen LogP contribution in [0.2, 0.25) is 39.3 Å². The first-order chi connectivity index (χ1) is 8.94. The van der Waals surface area contributed by atoms with Crippen molar-refractivity contribution in [1.82, 2.24) is 4.23 Å². The number of carbonyl (C=O) groups excluding carboxylic acids is 1. The predicted molar refractivity (Wildman–Crippen MR) is 97.5 cm³/mol. The molecule has 0 radical (unpaired) electrons. The van der Waals surface area contributed by atoms with E-state index in [-0.39, 0.29) is 10.5 Å². The van der Waals surface area contributed by atoms with Crippen LogP contribution in [0.15, 0.2) is 0 Å². The fourth-order valence-electron chi connectivity index (χ4n) is 4.23. The van der Waals surface area contributed by atoms with E-state index in [2.05, 4.69) is 63.1 Å². The topological polar surface area (TPSA) is 20.3 Å². The Balaban J connectivity index is 2.89. The van der Waals surface area contributed by atoms with Crippen LogP contribution in [-0.2, 0) is 4.79 Å². The maximum atomic E-state index is 11.9. The Labute approximate surface area is 133 Å². The van der Waals surface area contributed by atoms with Crippen LogP contribution in [0.1, 0.15) is 39.0 Å². The number of hydrogen-bond donors (Lipinski definition) is 1. The minimum absolute atomic E-state index is 0.117. The van der Waals surface area contributed by atoms with Crippen molar-refractivity contribution in [3.8, 4) is 0 Å². The Morgan fingerprint density at radius 3 is 1.75 bits per heavy atom. The monoisotopic (exact) mass is 331 g/mol. The summed E-state index contributed by atoms with van der Waals surface area (Å²) in [5, 5.41) is 0.117. The zero-order chi connectivity index (χ0) is 15.8. The Hall–Kier alpha value is 0.414. The predicted octanol–water partition coefficient (Wildman–Crippen LogP) is 4.75. The van der Waals surface area contributed by atoms with Crippen LogP contribution in [-0.4, -0.2) is 31.9 Å². The van der Waals surface area contributed by atoms with E-state index < -0.39 is 16.5 Å². The fourth-order valence-corrected chi connectivity index (χ4v) is 15.4. The van der Waals surface area contributed by atoms with Gasteiger partial charge in [0.15, 0.2) is 5.12 Å². The SMILES string of the molecule is CCC1(C(=O)S)CCC(N([Si](C)(C)C)[Si](C)(C)C)CC1. The molecule has 20 heavy (non-hydrogen) atoms. The highest BCUT2D eigenvalue weighted by molar-refractivity contribution is 7.96. The van der Waals surface area contributed by atoms with Gasteiger partial charge in [0.05, 0.1) is 0 Å². The first-order valence-electron chi connectivity index (χ1n) is 7.97. The molecule has 1 aliphatic rings. The number of rotatable bonds is 5. The molecule has 5 heteroatoms. The molecule has 0 N–H and O–H groups in total. The van der Waals surface area contributed by atoms with Crippen molar-refractivity contribution in [3.63, 3.8) is 0 Å². The van der Waals surface area contributed by atoms with E-state index in [0.29, 0.717) is 6.04 Å². The summed E-state index contributed by atoms with van der Waals surface area (Å²) in [5.74, 6) is 0. The molecule has 0 saturated heterocycles. The zero-order valence-electron chi connectivity index (χ0n) is 14.4. The lowest BCUT2D eigenvalue weighted by Gasteiger charge is -2.52. The summed E-state index contributed by atoms with van der Waals surface area (Å²) in [6.45, 7) is 17.0. The van der Waals surface area contributed by atoms with Gasteiger partial charge in [0.1, 0.15) is 16.5 Å². The smallest absolute Gasteiger partial charge is 0.192 e. The second-order valence-electron chi connectivity index (χ2n) is 8.38. The molecule has 1 fully saturated rings. The fraction of sp³-hybridized carbons (Fsp3) is 0.933. The Kier molecular flexibility index (Phi) is 5.78. The van der Waals surface area contributed by atoms with Gasteiger partial charge >= 0.3 is 0 Å². The summed E-state index contributed by atoms with van der Waals surface area (Å²) in [6, 6.07) is 0.695. The summed E-state index contributed by atoms with van der Waals surface area (Å²) in [6.07, 6.45) is 5.36. The molecule has 0 aromatic heterocycles. The van der Waals surface area contributed by atoms with Crippen molar-refractivity contribution in [2.75, 3.05) is 0 Å². The van der Waals surface area contributed by atoms with Crippen molar-refractivity contribution in [3.05, 3.63) is 0 Å². The highest BCUT2D eigenvalue weighted by Gasteiger charge is 2.45. The highest BCUT2D eigenvalue weighted by Crippen LogP contribution is 2.44. The van der Waals surface area contributed by atoms with Gasteiger partial charge in [-0.1, -0.05) is 46.2 Å². The number of carbonyl (C=O) groups is 1. The van der Waals surface area contributed by atoms with Crippen LogP contribution in [0, 0.1) is 5.41 Å². The maximum absolute atomic E-state index is 11.9. The maximum Gasteiger partial charge on any atom is 0.192 e. The van der Waals surface area contributed by atoms with Crippen molar-refractivity contribution in [1.29, 1.82) is 0 Å². The van der Waals surface area contributed by atoms with Crippen LogP contribution < -0.4 is 0 Å². The van der Waals surface area contributed by atoms with Gasteiger partial charge in [-0.05, 0) is 38.1 Å². The standard InChI is InChI=1S/C15H33NOSSi2/c1-8-15(14(17)18)11-9-13(10-12-15)16(19(2,3)4)20(5,6)7/h13H,8-12H2,1-7H3,(H,17,18). The van der Waals surface area contributed by atoms with Crippen LogP contribution >= 0.6 is 12.6 Å². The van der Waals surface area contributed by atoms with E-state index in [9.17, 15) is 4.79 Å². The quantitative estimate of drug-likeness (QED) is 0.579. The average molecular weight is 332 g/mol. The molecule has 0 aromatic rings. The molecule has 0 unspecified atom stereocenters. The third-order valence-corrected chi connectivity index (χ3v) is 13.0.